The van der Waals surface area contributed by atoms with Gasteiger partial charge in [0.2, 0.25) is 30.0 Å². The van der Waals surface area contributed by atoms with Crippen molar-refractivity contribution >= 4 is 81.2 Å². The second kappa shape index (κ2) is 19.7. The molecule has 0 saturated carbocycles. The molecule has 1 unspecified atom stereocenters. The number of carbonyl (C=O) groups excluding carboxylic acids is 3. The molecule has 18 nitrogen and oxygen atoms in total. The molecule has 26 heteroatoms. The number of hydrogen-bond acceptors (Lipinski definition) is 16. The number of ketones is 1. The Labute approximate surface area is 356 Å². The topological polar surface area (TPSA) is 254 Å². The van der Waals surface area contributed by atoms with Crippen LogP contribution in [0, 0.1) is 23.3 Å². The van der Waals surface area contributed by atoms with E-state index in [1.165, 1.54) is 32.2 Å². The Morgan fingerprint density at radius 2 is 1.08 bits per heavy atom. The maximum atomic E-state index is 13.9. The number of ether oxygens (including phenoxy) is 2. The van der Waals surface area contributed by atoms with E-state index < -0.39 is 99.0 Å². The van der Waals surface area contributed by atoms with Crippen LogP contribution in [0.4, 0.5) is 17.6 Å². The second-order valence-electron chi connectivity index (χ2n) is 12.7. The molecule has 0 amide bonds. The summed E-state index contributed by atoms with van der Waals surface area (Å²) < 4.78 is 113. The average molecular weight is 948 g/mol. The number of Topliss-reactive ketones (excluding diaryl/α,β-unsaturated/α-hetero) is 1. The molecule has 62 heavy (non-hydrogen) atoms. The predicted molar refractivity (Wildman–Crippen MR) is 211 cm³/mol. The summed E-state index contributed by atoms with van der Waals surface area (Å²) in [5, 5.41) is 6.83. The molecule has 328 valence electrons. The molecule has 4 aromatic heterocycles. The van der Waals surface area contributed by atoms with Crippen LogP contribution in [-0.2, 0) is 47.1 Å². The fourth-order valence-corrected chi connectivity index (χ4v) is 5.89. The summed E-state index contributed by atoms with van der Waals surface area (Å²) in [6, 6.07) is 7.54. The Morgan fingerprint density at radius 1 is 0.694 bits per heavy atom. The van der Waals surface area contributed by atoms with Crippen LogP contribution in [0.25, 0.3) is 22.1 Å². The monoisotopic (exact) mass is 946 g/mol. The van der Waals surface area contributed by atoms with E-state index in [0.717, 1.165) is 52.1 Å². The summed E-state index contributed by atoms with van der Waals surface area (Å²) >= 11 is 8.98. The number of rotatable bonds is 11. The van der Waals surface area contributed by atoms with Crippen LogP contribution in [0.3, 0.4) is 0 Å². The lowest BCUT2D eigenvalue weighted by atomic mass is 10.3. The van der Waals surface area contributed by atoms with Crippen molar-refractivity contribution in [3.63, 3.8) is 0 Å². The van der Waals surface area contributed by atoms with Gasteiger partial charge in [-0.25, -0.2) is 44.4 Å². The lowest BCUT2D eigenvalue weighted by Crippen LogP contribution is -2.27. The molecule has 1 atom stereocenters. The van der Waals surface area contributed by atoms with E-state index >= 15 is 0 Å². The SMILES string of the molecule is CC(=O)Cn1c(=O)c(Oc2ccc(F)cc2F)cc2cnc(S(C)(=O)=O)nc21.CC(O)Cn1c(=O)c(Oc2ccc(F)cc2F)cc2cnc(S(C)(=O)=O)nc21.O=C(Cl)C(=O)Cl. The molecule has 2 aromatic carbocycles. The van der Waals surface area contributed by atoms with Gasteiger partial charge in [-0.1, -0.05) is 0 Å². The zero-order chi connectivity index (χ0) is 46.4. The lowest BCUT2D eigenvalue weighted by molar-refractivity contribution is -0.127. The van der Waals surface area contributed by atoms with Crippen molar-refractivity contribution in [1.29, 1.82) is 0 Å². The van der Waals surface area contributed by atoms with E-state index in [1.54, 1.807) is 0 Å². The number of nitrogens with zero attached hydrogens (tertiary/aromatic N) is 6. The minimum atomic E-state index is -3.76. The highest BCUT2D eigenvalue weighted by atomic mass is 35.5. The summed E-state index contributed by atoms with van der Waals surface area (Å²) in [6.07, 6.45) is 3.15. The van der Waals surface area contributed by atoms with Crippen LogP contribution < -0.4 is 20.6 Å². The van der Waals surface area contributed by atoms with Gasteiger partial charge in [0.25, 0.3) is 11.1 Å². The summed E-state index contributed by atoms with van der Waals surface area (Å²) in [5.41, 5.74) is -1.75. The predicted octanol–water partition coefficient (Wildman–Crippen LogP) is 4.02. The van der Waals surface area contributed by atoms with E-state index in [0.29, 0.717) is 12.1 Å². The Hall–Kier alpha value is -6.21. The molecule has 0 aliphatic heterocycles. The van der Waals surface area contributed by atoms with Gasteiger partial charge in [-0.3, -0.25) is 33.1 Å². The summed E-state index contributed by atoms with van der Waals surface area (Å²) in [5.74, 6) is -5.55. The fraction of sp³-hybridized carbons (Fsp3) is 0.194. The Balaban J connectivity index is 0.000000241. The third kappa shape index (κ3) is 12.4. The fourth-order valence-electron chi connectivity index (χ4n) is 4.89. The van der Waals surface area contributed by atoms with Crippen molar-refractivity contribution in [3.8, 4) is 23.0 Å². The van der Waals surface area contributed by atoms with Gasteiger partial charge in [0.1, 0.15) is 28.7 Å². The molecule has 0 bridgehead atoms. The van der Waals surface area contributed by atoms with E-state index in [-0.39, 0.29) is 45.9 Å². The maximum Gasteiger partial charge on any atom is 0.304 e. The Bertz CT molecular complexity index is 3110. The first-order valence-corrected chi connectivity index (χ1v) is 21.3. The van der Waals surface area contributed by atoms with Crippen LogP contribution in [0.5, 0.6) is 23.0 Å². The van der Waals surface area contributed by atoms with Crippen molar-refractivity contribution in [1.82, 2.24) is 29.1 Å². The van der Waals surface area contributed by atoms with Crippen molar-refractivity contribution < 1.29 is 63.4 Å². The second-order valence-corrected chi connectivity index (χ2v) is 17.2. The lowest BCUT2D eigenvalue weighted by Gasteiger charge is -2.14. The Morgan fingerprint density at radius 3 is 1.42 bits per heavy atom. The van der Waals surface area contributed by atoms with Gasteiger partial charge in [0.05, 0.1) is 19.2 Å². The molecule has 0 aliphatic carbocycles. The van der Waals surface area contributed by atoms with Gasteiger partial charge in [-0.2, -0.15) is 9.97 Å². The van der Waals surface area contributed by atoms with E-state index in [1.807, 2.05) is 0 Å². The normalized spacial score (nSPS) is 11.8. The van der Waals surface area contributed by atoms with E-state index in [4.69, 9.17) is 9.47 Å². The molecular formula is C36H28Cl2F4N6O12S2. The first-order valence-electron chi connectivity index (χ1n) is 16.8. The smallest absolute Gasteiger partial charge is 0.304 e. The van der Waals surface area contributed by atoms with E-state index in [9.17, 15) is 63.5 Å². The summed E-state index contributed by atoms with van der Waals surface area (Å²) in [7, 11) is -7.50. The number of carbonyl (C=O) groups is 3. The standard InChI is InChI=1S/C17H15F2N3O5S.C17H13F2N3O5S.C2Cl2O2/c2*1-9(23)8-22-15-10(7-20-17(21-15)28(2,25)26)5-14(16(22)24)27-13-4-3-11(18)6-12(13)19;3-1(5)2(4)6/h3-7,9,23H,8H2,1-2H3;3-7H,8H2,1-2H3;. The van der Waals surface area contributed by atoms with E-state index in [2.05, 4.69) is 43.1 Å². The largest absolute Gasteiger partial charge is 0.448 e. The van der Waals surface area contributed by atoms with Crippen LogP contribution >= 0.6 is 23.2 Å². The number of hydrogen-bond donors (Lipinski definition) is 1. The number of halogens is 6. The molecule has 0 saturated heterocycles. The van der Waals surface area contributed by atoms with Gasteiger partial charge >= 0.3 is 10.5 Å². The summed E-state index contributed by atoms with van der Waals surface area (Å²) in [4.78, 5) is 71.2. The molecule has 4 heterocycles. The van der Waals surface area contributed by atoms with Gasteiger partial charge < -0.3 is 14.6 Å². The third-order valence-electron chi connectivity index (χ3n) is 7.42. The van der Waals surface area contributed by atoms with Crippen LogP contribution in [0.15, 0.2) is 80.8 Å². The third-order valence-corrected chi connectivity index (χ3v) is 9.58. The number of benzene rings is 2. The number of aromatic nitrogens is 6. The molecule has 0 fully saturated rings. The molecule has 6 rings (SSSR count). The highest BCUT2D eigenvalue weighted by Crippen LogP contribution is 2.27. The average Bonchev–Trinajstić information content (AvgIpc) is 3.16. The molecule has 6 aromatic rings. The first-order chi connectivity index (χ1) is 28.8. The van der Waals surface area contributed by atoms with Crippen LogP contribution in [-0.4, -0.2) is 85.9 Å². The number of fused-ring (bicyclic) bond motifs is 2. The molecule has 0 aliphatic rings. The van der Waals surface area contributed by atoms with Gasteiger partial charge in [0.15, 0.2) is 34.6 Å². The molecular weight excluding hydrogens is 919 g/mol. The minimum absolute atomic E-state index is 0.0340. The van der Waals surface area contributed by atoms with Gasteiger partial charge in [-0.15, -0.1) is 0 Å². The van der Waals surface area contributed by atoms with Crippen LogP contribution in [0.1, 0.15) is 13.8 Å². The molecule has 0 radical (unpaired) electrons. The van der Waals surface area contributed by atoms with Crippen molar-refractivity contribution in [3.05, 3.63) is 105 Å². The number of sulfone groups is 2. The first kappa shape index (κ1) is 48.5. The van der Waals surface area contributed by atoms with Gasteiger partial charge in [0, 0.05) is 47.8 Å². The number of aliphatic hydroxyl groups excluding tert-OH is 1. The van der Waals surface area contributed by atoms with Gasteiger partial charge in [-0.05, 0) is 73.4 Å². The molecule has 1 N–H and O–H groups in total. The number of pyridine rings is 2. The van der Waals surface area contributed by atoms with Crippen molar-refractivity contribution in [2.45, 2.75) is 43.4 Å². The zero-order valence-electron chi connectivity index (χ0n) is 32.0. The maximum absolute atomic E-state index is 13.9. The quantitative estimate of drug-likeness (QED) is 0.0833. The van der Waals surface area contributed by atoms with Crippen LogP contribution in [0.2, 0.25) is 0 Å². The van der Waals surface area contributed by atoms with Crippen molar-refractivity contribution in [2.75, 3.05) is 12.5 Å². The highest BCUT2D eigenvalue weighted by Gasteiger charge is 2.21. The highest BCUT2D eigenvalue weighted by molar-refractivity contribution is 7.90. The van der Waals surface area contributed by atoms with Crippen molar-refractivity contribution in [2.24, 2.45) is 0 Å². The summed E-state index contributed by atoms with van der Waals surface area (Å²) in [6.45, 7) is 2.01. The molecule has 0 spiro atoms. The Kier molecular flexibility index (Phi) is 15.4. The zero-order valence-corrected chi connectivity index (χ0v) is 35.1. The minimum Gasteiger partial charge on any atom is -0.448 e. The number of aliphatic hydroxyl groups is 1.